The number of likely N-dealkylation sites (N-methyl/N-ethyl adjacent to an activating group) is 1. The molecule has 1 atom stereocenters. The monoisotopic (exact) mass is 370 g/mol. The fourth-order valence-electron chi connectivity index (χ4n) is 5.08. The Kier molecular flexibility index (Phi) is 4.92. The van der Waals surface area contributed by atoms with Crippen LogP contribution in [0.2, 0.25) is 0 Å². The van der Waals surface area contributed by atoms with Crippen LogP contribution in [0.1, 0.15) is 47.4 Å². The number of hydrogen-bond acceptors (Lipinski definition) is 2. The van der Waals surface area contributed by atoms with Gasteiger partial charge in [-0.3, -0.25) is 4.90 Å². The number of likely N-dealkylation sites (tertiary alicyclic amines) is 1. The minimum absolute atomic E-state index is 0.461. The zero-order chi connectivity index (χ0) is 18.9. The maximum Gasteiger partial charge on any atom is 0.0234 e. The lowest BCUT2D eigenvalue weighted by molar-refractivity contribution is 0.220. The molecule has 3 aromatic rings. The lowest BCUT2D eigenvalue weighted by Gasteiger charge is -2.33. The normalized spacial score (nSPS) is 21.0. The van der Waals surface area contributed by atoms with Crippen molar-refractivity contribution in [1.82, 2.24) is 9.80 Å². The molecule has 1 unspecified atom stereocenters. The summed E-state index contributed by atoms with van der Waals surface area (Å²) >= 11 is 0. The van der Waals surface area contributed by atoms with Gasteiger partial charge in [0, 0.05) is 25.6 Å². The summed E-state index contributed by atoms with van der Waals surface area (Å²) in [4.78, 5) is 5.10. The molecular weight excluding hydrogens is 340 g/mol. The number of piperidine rings is 1. The van der Waals surface area contributed by atoms with Crippen molar-refractivity contribution in [2.45, 2.75) is 38.3 Å². The summed E-state index contributed by atoms with van der Waals surface area (Å²) in [7, 11) is 2.26. The van der Waals surface area contributed by atoms with E-state index < -0.39 is 0 Å². The predicted octanol–water partition coefficient (Wildman–Crippen LogP) is 5.40. The zero-order valence-corrected chi connectivity index (χ0v) is 16.9. The van der Waals surface area contributed by atoms with Gasteiger partial charge in [-0.25, -0.2) is 0 Å². The Morgan fingerprint density at radius 2 is 1.68 bits per heavy atom. The van der Waals surface area contributed by atoms with E-state index in [9.17, 15) is 0 Å². The first kappa shape index (κ1) is 17.9. The molecule has 2 nitrogen and oxygen atoms in total. The largest absolute Gasteiger partial charge is 0.301 e. The molecule has 2 aliphatic rings. The molecule has 28 heavy (non-hydrogen) atoms. The Morgan fingerprint density at radius 3 is 2.54 bits per heavy atom. The molecule has 0 bridgehead atoms. The van der Waals surface area contributed by atoms with Crippen LogP contribution in [0.3, 0.4) is 0 Å². The van der Waals surface area contributed by atoms with Crippen molar-refractivity contribution < 1.29 is 0 Å². The van der Waals surface area contributed by atoms with Gasteiger partial charge < -0.3 is 4.90 Å². The third kappa shape index (κ3) is 3.59. The van der Waals surface area contributed by atoms with Crippen molar-refractivity contribution in [2.75, 3.05) is 26.7 Å². The Hall–Kier alpha value is -2.16. The van der Waals surface area contributed by atoms with E-state index in [2.05, 4.69) is 77.5 Å². The Labute approximate surface area is 168 Å². The average Bonchev–Trinajstić information content (AvgIpc) is 2.73. The molecule has 2 heteroatoms. The van der Waals surface area contributed by atoms with Crippen LogP contribution in [0, 0.1) is 0 Å². The van der Waals surface area contributed by atoms with Crippen LogP contribution < -0.4 is 0 Å². The van der Waals surface area contributed by atoms with Gasteiger partial charge in [0.2, 0.25) is 0 Å². The van der Waals surface area contributed by atoms with Crippen molar-refractivity contribution in [3.8, 4) is 0 Å². The van der Waals surface area contributed by atoms with E-state index >= 15 is 0 Å². The van der Waals surface area contributed by atoms with Crippen molar-refractivity contribution in [2.24, 2.45) is 0 Å². The topological polar surface area (TPSA) is 6.48 Å². The first-order valence-corrected chi connectivity index (χ1v) is 10.8. The van der Waals surface area contributed by atoms with Gasteiger partial charge in [-0.1, -0.05) is 67.1 Å². The van der Waals surface area contributed by atoms with Gasteiger partial charge in [0.1, 0.15) is 0 Å². The molecule has 0 amide bonds. The fraction of sp³-hybridized carbons (Fsp3) is 0.385. The summed E-state index contributed by atoms with van der Waals surface area (Å²) in [6.45, 7) is 5.79. The second-order valence-electron chi connectivity index (χ2n) is 8.73. The summed E-state index contributed by atoms with van der Waals surface area (Å²) in [5.74, 6) is 0.461. The molecule has 2 heterocycles. The fourth-order valence-corrected chi connectivity index (χ4v) is 5.08. The number of nitrogens with zero attached hydrogens (tertiary/aromatic N) is 2. The first-order chi connectivity index (χ1) is 13.8. The summed E-state index contributed by atoms with van der Waals surface area (Å²) in [5, 5.41) is 2.67. The van der Waals surface area contributed by atoms with Crippen molar-refractivity contribution in [3.05, 3.63) is 82.9 Å². The van der Waals surface area contributed by atoms with Gasteiger partial charge in [-0.2, -0.15) is 0 Å². The number of rotatable bonds is 3. The van der Waals surface area contributed by atoms with Gasteiger partial charge >= 0.3 is 0 Å². The van der Waals surface area contributed by atoms with Gasteiger partial charge in [0.25, 0.3) is 0 Å². The lowest BCUT2D eigenvalue weighted by atomic mass is 9.83. The zero-order valence-electron chi connectivity index (χ0n) is 16.9. The second-order valence-corrected chi connectivity index (χ2v) is 8.73. The molecule has 2 aliphatic heterocycles. The Balaban J connectivity index is 1.46. The van der Waals surface area contributed by atoms with Gasteiger partial charge in [0.05, 0.1) is 0 Å². The predicted molar refractivity (Wildman–Crippen MR) is 118 cm³/mol. The third-order valence-electron chi connectivity index (χ3n) is 6.55. The van der Waals surface area contributed by atoms with Crippen molar-refractivity contribution >= 4 is 10.8 Å². The lowest BCUT2D eigenvalue weighted by Crippen LogP contribution is -2.32. The quantitative estimate of drug-likeness (QED) is 0.609. The Morgan fingerprint density at radius 1 is 0.857 bits per heavy atom. The molecule has 0 radical (unpaired) electrons. The van der Waals surface area contributed by atoms with Crippen LogP contribution in [0.4, 0.5) is 0 Å². The molecule has 0 aromatic heterocycles. The third-order valence-corrected chi connectivity index (χ3v) is 6.55. The molecule has 5 rings (SSSR count). The highest BCUT2D eigenvalue weighted by atomic mass is 15.1. The molecule has 1 saturated heterocycles. The molecule has 3 aromatic carbocycles. The maximum atomic E-state index is 2.62. The van der Waals surface area contributed by atoms with E-state index in [1.54, 1.807) is 0 Å². The number of hydrogen-bond donors (Lipinski definition) is 0. The molecule has 144 valence electrons. The van der Waals surface area contributed by atoms with Crippen LogP contribution in [-0.4, -0.2) is 36.5 Å². The molecule has 0 aliphatic carbocycles. The Bertz CT molecular complexity index is 971. The molecule has 0 saturated carbocycles. The van der Waals surface area contributed by atoms with E-state index in [-0.39, 0.29) is 0 Å². The van der Waals surface area contributed by atoms with E-state index in [4.69, 9.17) is 0 Å². The van der Waals surface area contributed by atoms with Crippen LogP contribution in [0.25, 0.3) is 10.8 Å². The smallest absolute Gasteiger partial charge is 0.0234 e. The van der Waals surface area contributed by atoms with Crippen LogP contribution in [0.5, 0.6) is 0 Å². The highest BCUT2D eigenvalue weighted by molar-refractivity contribution is 5.83. The standard InChI is InChI=1S/C26H30N2/c1-27-18-24-15-20(17-28-13-5-2-6-14-28)9-12-25(24)26(19-27)23-11-10-21-7-3-4-8-22(21)16-23/h3-4,7-12,15-16,26H,2,5-6,13-14,17-19H2,1H3. The summed E-state index contributed by atoms with van der Waals surface area (Å²) in [6, 6.07) is 23.0. The maximum absolute atomic E-state index is 2.62. The van der Waals surface area contributed by atoms with Gasteiger partial charge in [-0.05, 0) is 66.0 Å². The SMILES string of the molecule is CN1Cc2cc(CN3CCCCC3)ccc2C(c2ccc3ccccc3c2)C1. The van der Waals surface area contributed by atoms with E-state index in [0.29, 0.717) is 5.92 Å². The molecular formula is C26H30N2. The first-order valence-electron chi connectivity index (χ1n) is 10.8. The van der Waals surface area contributed by atoms with Crippen molar-refractivity contribution in [3.63, 3.8) is 0 Å². The van der Waals surface area contributed by atoms with Crippen molar-refractivity contribution in [1.29, 1.82) is 0 Å². The minimum atomic E-state index is 0.461. The van der Waals surface area contributed by atoms with Crippen LogP contribution >= 0.6 is 0 Å². The summed E-state index contributed by atoms with van der Waals surface area (Å²) in [5.41, 5.74) is 5.96. The number of fused-ring (bicyclic) bond motifs is 2. The van der Waals surface area contributed by atoms with Crippen LogP contribution in [0.15, 0.2) is 60.7 Å². The average molecular weight is 371 g/mol. The molecule has 0 N–H and O–H groups in total. The number of benzene rings is 3. The minimum Gasteiger partial charge on any atom is -0.301 e. The van der Waals surface area contributed by atoms with E-state index in [0.717, 1.165) is 19.6 Å². The molecule has 0 spiro atoms. The second kappa shape index (κ2) is 7.69. The van der Waals surface area contributed by atoms with E-state index in [1.165, 1.54) is 65.4 Å². The van der Waals surface area contributed by atoms with Gasteiger partial charge in [0.15, 0.2) is 0 Å². The molecule has 1 fully saturated rings. The highest BCUT2D eigenvalue weighted by Gasteiger charge is 2.25. The van der Waals surface area contributed by atoms with Crippen LogP contribution in [-0.2, 0) is 13.1 Å². The highest BCUT2D eigenvalue weighted by Crippen LogP contribution is 2.35. The van der Waals surface area contributed by atoms with Gasteiger partial charge in [-0.15, -0.1) is 0 Å². The summed E-state index contributed by atoms with van der Waals surface area (Å²) < 4.78 is 0. The summed E-state index contributed by atoms with van der Waals surface area (Å²) in [6.07, 6.45) is 4.12. The van der Waals surface area contributed by atoms with E-state index in [1.807, 2.05) is 0 Å².